The molecule has 10 heteroatoms. The largest absolute Gasteiger partial charge is 0.494 e. The van der Waals surface area contributed by atoms with Gasteiger partial charge in [-0.1, -0.05) is 11.6 Å². The Morgan fingerprint density at radius 2 is 2.00 bits per heavy atom. The first-order valence-electron chi connectivity index (χ1n) is 7.06. The van der Waals surface area contributed by atoms with Gasteiger partial charge in [-0.15, -0.1) is 0 Å². The van der Waals surface area contributed by atoms with Gasteiger partial charge in [-0.3, -0.25) is 14.9 Å². The number of nitrogens with one attached hydrogen (secondary N) is 1. The SMILES string of the molecule is COc1ccc(C(=O)OCC(=O)Nc2ccc([N+](=O)[O-])cc2Cl)cc1F. The molecule has 0 aliphatic rings. The molecule has 0 aromatic heterocycles. The standard InChI is InChI=1S/C16H12ClFN2O6/c1-25-14-5-2-9(6-12(14)18)16(22)26-8-15(21)19-13-4-3-10(20(23)24)7-11(13)17/h2-7H,8H2,1H3,(H,19,21). The van der Waals surface area contributed by atoms with Gasteiger partial charge in [0.15, 0.2) is 18.2 Å². The zero-order valence-electron chi connectivity index (χ0n) is 13.3. The molecule has 2 rings (SSSR count). The number of carbonyl (C=O) groups is 2. The minimum absolute atomic E-state index is 0.0351. The van der Waals surface area contributed by atoms with Gasteiger partial charge < -0.3 is 14.8 Å². The number of methoxy groups -OCH3 is 1. The van der Waals surface area contributed by atoms with Crippen LogP contribution in [0.5, 0.6) is 5.75 Å². The van der Waals surface area contributed by atoms with E-state index in [0.29, 0.717) is 0 Å². The first-order chi connectivity index (χ1) is 12.3. The molecule has 0 aliphatic heterocycles. The minimum Gasteiger partial charge on any atom is -0.494 e. The van der Waals surface area contributed by atoms with Gasteiger partial charge in [0.2, 0.25) is 0 Å². The third kappa shape index (κ3) is 4.67. The minimum atomic E-state index is -0.906. The van der Waals surface area contributed by atoms with Crippen molar-refractivity contribution < 1.29 is 28.4 Å². The van der Waals surface area contributed by atoms with Crippen LogP contribution in [0.2, 0.25) is 5.02 Å². The number of rotatable bonds is 6. The number of amides is 1. The molecule has 0 bridgehead atoms. The molecule has 136 valence electrons. The van der Waals surface area contributed by atoms with E-state index in [1.165, 1.54) is 25.3 Å². The van der Waals surface area contributed by atoms with Crippen LogP contribution >= 0.6 is 11.6 Å². The van der Waals surface area contributed by atoms with Crippen LogP contribution in [0.4, 0.5) is 15.8 Å². The first-order valence-corrected chi connectivity index (χ1v) is 7.44. The maximum absolute atomic E-state index is 13.6. The molecule has 2 aromatic carbocycles. The second-order valence-electron chi connectivity index (χ2n) is 4.89. The number of nitro benzene ring substituents is 1. The van der Waals surface area contributed by atoms with E-state index < -0.39 is 29.2 Å². The second kappa shape index (κ2) is 8.26. The van der Waals surface area contributed by atoms with Crippen molar-refractivity contribution in [2.45, 2.75) is 0 Å². The number of benzene rings is 2. The topological polar surface area (TPSA) is 108 Å². The van der Waals surface area contributed by atoms with Gasteiger partial charge >= 0.3 is 5.97 Å². The summed E-state index contributed by atoms with van der Waals surface area (Å²) >= 11 is 5.84. The third-order valence-electron chi connectivity index (χ3n) is 3.16. The van der Waals surface area contributed by atoms with Crippen LogP contribution < -0.4 is 10.1 Å². The summed E-state index contributed by atoms with van der Waals surface area (Å²) in [6.45, 7) is -0.653. The molecule has 0 fully saturated rings. The lowest BCUT2D eigenvalue weighted by Crippen LogP contribution is -2.21. The lowest BCUT2D eigenvalue weighted by Gasteiger charge is -2.08. The Hall–Kier alpha value is -3.20. The summed E-state index contributed by atoms with van der Waals surface area (Å²) in [5.74, 6) is -2.41. The van der Waals surface area contributed by atoms with E-state index in [2.05, 4.69) is 5.32 Å². The Labute approximate surface area is 151 Å². The zero-order chi connectivity index (χ0) is 19.3. The summed E-state index contributed by atoms with van der Waals surface area (Å²) in [6.07, 6.45) is 0. The normalized spacial score (nSPS) is 10.1. The van der Waals surface area contributed by atoms with E-state index in [-0.39, 0.29) is 27.7 Å². The van der Waals surface area contributed by atoms with E-state index in [1.54, 1.807) is 0 Å². The number of nitro groups is 1. The number of halogens is 2. The van der Waals surface area contributed by atoms with E-state index in [1.807, 2.05) is 0 Å². The Kier molecular flexibility index (Phi) is 6.07. The van der Waals surface area contributed by atoms with Crippen LogP contribution in [0.25, 0.3) is 0 Å². The molecule has 0 aliphatic carbocycles. The fourth-order valence-electron chi connectivity index (χ4n) is 1.91. The van der Waals surface area contributed by atoms with Crippen molar-refractivity contribution in [1.29, 1.82) is 0 Å². The number of hydrogen-bond donors (Lipinski definition) is 1. The van der Waals surface area contributed by atoms with E-state index in [4.69, 9.17) is 21.1 Å². The fraction of sp³-hybridized carbons (Fsp3) is 0.125. The van der Waals surface area contributed by atoms with Crippen LogP contribution in [0.15, 0.2) is 36.4 Å². The Morgan fingerprint density at radius 3 is 2.58 bits per heavy atom. The number of non-ortho nitro benzene ring substituents is 1. The molecule has 1 amide bonds. The van der Waals surface area contributed by atoms with Gasteiger partial charge in [0.25, 0.3) is 11.6 Å². The van der Waals surface area contributed by atoms with Crippen molar-refractivity contribution in [3.05, 3.63) is 62.9 Å². The molecule has 2 aromatic rings. The van der Waals surface area contributed by atoms with Gasteiger partial charge in [-0.2, -0.15) is 0 Å². The molecule has 8 nitrogen and oxygen atoms in total. The Bertz CT molecular complexity index is 874. The van der Waals surface area contributed by atoms with Crippen molar-refractivity contribution >= 4 is 34.9 Å². The maximum Gasteiger partial charge on any atom is 0.338 e. The molecule has 0 heterocycles. The number of ether oxygens (including phenoxy) is 2. The summed E-state index contributed by atoms with van der Waals surface area (Å²) in [5.41, 5.74) is -0.209. The Morgan fingerprint density at radius 1 is 1.27 bits per heavy atom. The predicted octanol–water partition coefficient (Wildman–Crippen LogP) is 3.19. The maximum atomic E-state index is 13.6. The number of esters is 1. The van der Waals surface area contributed by atoms with Crippen LogP contribution in [-0.4, -0.2) is 30.5 Å². The zero-order valence-corrected chi connectivity index (χ0v) is 14.1. The molecule has 0 unspecified atom stereocenters. The highest BCUT2D eigenvalue weighted by Gasteiger charge is 2.15. The van der Waals surface area contributed by atoms with Gasteiger partial charge in [0.05, 0.1) is 28.3 Å². The van der Waals surface area contributed by atoms with E-state index >= 15 is 0 Å². The lowest BCUT2D eigenvalue weighted by atomic mass is 10.2. The van der Waals surface area contributed by atoms with Crippen molar-refractivity contribution in [2.75, 3.05) is 19.0 Å². The van der Waals surface area contributed by atoms with Crippen molar-refractivity contribution in [2.24, 2.45) is 0 Å². The molecular weight excluding hydrogens is 371 g/mol. The highest BCUT2D eigenvalue weighted by Crippen LogP contribution is 2.26. The quantitative estimate of drug-likeness (QED) is 0.467. The molecule has 1 N–H and O–H groups in total. The van der Waals surface area contributed by atoms with Gasteiger partial charge in [0, 0.05) is 12.1 Å². The highest BCUT2D eigenvalue weighted by molar-refractivity contribution is 6.34. The first kappa shape index (κ1) is 19.1. The predicted molar refractivity (Wildman–Crippen MR) is 90.0 cm³/mol. The fourth-order valence-corrected chi connectivity index (χ4v) is 2.14. The summed E-state index contributed by atoms with van der Waals surface area (Å²) in [6, 6.07) is 6.94. The van der Waals surface area contributed by atoms with Crippen LogP contribution in [0.3, 0.4) is 0 Å². The van der Waals surface area contributed by atoms with E-state index in [0.717, 1.165) is 18.2 Å². The van der Waals surface area contributed by atoms with Crippen molar-refractivity contribution in [1.82, 2.24) is 0 Å². The lowest BCUT2D eigenvalue weighted by molar-refractivity contribution is -0.384. The smallest absolute Gasteiger partial charge is 0.338 e. The number of hydrogen-bond acceptors (Lipinski definition) is 6. The van der Waals surface area contributed by atoms with Crippen molar-refractivity contribution in [3.63, 3.8) is 0 Å². The van der Waals surface area contributed by atoms with Gasteiger partial charge in [-0.05, 0) is 24.3 Å². The highest BCUT2D eigenvalue weighted by atomic mass is 35.5. The molecule has 0 saturated heterocycles. The van der Waals surface area contributed by atoms with Crippen LogP contribution in [-0.2, 0) is 9.53 Å². The monoisotopic (exact) mass is 382 g/mol. The number of nitrogens with zero attached hydrogens (tertiary/aromatic N) is 1. The van der Waals surface area contributed by atoms with E-state index in [9.17, 15) is 24.1 Å². The average Bonchev–Trinajstić information content (AvgIpc) is 2.61. The molecule has 0 atom stereocenters. The molecule has 0 saturated carbocycles. The number of anilines is 1. The van der Waals surface area contributed by atoms with Gasteiger partial charge in [-0.25, -0.2) is 9.18 Å². The molecule has 26 heavy (non-hydrogen) atoms. The molecule has 0 radical (unpaired) electrons. The molecular formula is C16H12ClFN2O6. The van der Waals surface area contributed by atoms with Crippen LogP contribution in [0, 0.1) is 15.9 Å². The van der Waals surface area contributed by atoms with Crippen LogP contribution in [0.1, 0.15) is 10.4 Å². The average molecular weight is 383 g/mol. The second-order valence-corrected chi connectivity index (χ2v) is 5.30. The van der Waals surface area contributed by atoms with Crippen molar-refractivity contribution in [3.8, 4) is 5.75 Å². The third-order valence-corrected chi connectivity index (χ3v) is 3.47. The molecule has 0 spiro atoms. The summed E-state index contributed by atoms with van der Waals surface area (Å²) in [5, 5.41) is 12.9. The Balaban J connectivity index is 1.95. The summed E-state index contributed by atoms with van der Waals surface area (Å²) in [7, 11) is 1.28. The summed E-state index contributed by atoms with van der Waals surface area (Å²) < 4.78 is 23.1. The summed E-state index contributed by atoms with van der Waals surface area (Å²) in [4.78, 5) is 33.6. The number of carbonyl (C=O) groups excluding carboxylic acids is 2. The van der Waals surface area contributed by atoms with Gasteiger partial charge in [0.1, 0.15) is 0 Å².